The van der Waals surface area contributed by atoms with Crippen LogP contribution in [0.5, 0.6) is 0 Å². The zero-order valence-electron chi connectivity index (χ0n) is 13.6. The molecule has 22 heavy (non-hydrogen) atoms. The van der Waals surface area contributed by atoms with E-state index in [4.69, 9.17) is 0 Å². The van der Waals surface area contributed by atoms with Gasteiger partial charge >= 0.3 is 0 Å². The molecule has 0 aliphatic carbocycles. The molecule has 0 amide bonds. The fourth-order valence-electron chi connectivity index (χ4n) is 2.10. The van der Waals surface area contributed by atoms with Crippen LogP contribution >= 0.6 is 0 Å². The highest BCUT2D eigenvalue weighted by Gasteiger charge is 2.04. The normalized spacial score (nSPS) is 13.4. The van der Waals surface area contributed by atoms with Crippen molar-refractivity contribution < 1.29 is 0 Å². The van der Waals surface area contributed by atoms with Crippen molar-refractivity contribution in [1.82, 2.24) is 20.6 Å². The first kappa shape index (κ1) is 16.0. The van der Waals surface area contributed by atoms with E-state index in [0.29, 0.717) is 0 Å². The van der Waals surface area contributed by atoms with Crippen molar-refractivity contribution in [3.05, 3.63) is 59.7 Å². The Morgan fingerprint density at radius 3 is 2.59 bits per heavy atom. The van der Waals surface area contributed by atoms with E-state index in [1.54, 1.807) is 12.4 Å². The van der Waals surface area contributed by atoms with Crippen molar-refractivity contribution in [2.45, 2.75) is 33.7 Å². The molecule has 2 aromatic rings. The number of rotatable bonds is 3. The Bertz CT molecular complexity index is 674. The van der Waals surface area contributed by atoms with Crippen molar-refractivity contribution in [1.29, 1.82) is 0 Å². The molecule has 4 heteroatoms. The smallest absolute Gasteiger partial charge is 0.0890 e. The van der Waals surface area contributed by atoms with E-state index in [2.05, 4.69) is 59.6 Å². The lowest BCUT2D eigenvalue weighted by atomic mass is 10.1. The van der Waals surface area contributed by atoms with Gasteiger partial charge in [-0.3, -0.25) is 9.97 Å². The first-order chi connectivity index (χ1) is 10.7. The van der Waals surface area contributed by atoms with Gasteiger partial charge in [-0.1, -0.05) is 32.4 Å². The number of fused-ring (bicyclic) bond motifs is 1. The van der Waals surface area contributed by atoms with Crippen LogP contribution in [0.15, 0.2) is 54.1 Å². The average molecular weight is 296 g/mol. The van der Waals surface area contributed by atoms with Gasteiger partial charge in [0.15, 0.2) is 0 Å². The summed E-state index contributed by atoms with van der Waals surface area (Å²) in [4.78, 5) is 8.59. The van der Waals surface area contributed by atoms with Crippen LogP contribution in [-0.4, -0.2) is 16.5 Å². The molecule has 0 fully saturated rings. The van der Waals surface area contributed by atoms with Crippen LogP contribution in [0.2, 0.25) is 0 Å². The van der Waals surface area contributed by atoms with E-state index in [1.807, 2.05) is 12.3 Å². The molecule has 0 atom stereocenters. The monoisotopic (exact) mass is 296 g/mol. The summed E-state index contributed by atoms with van der Waals surface area (Å²) in [6.45, 7) is 8.05. The highest BCUT2D eigenvalue weighted by Crippen LogP contribution is 2.13. The summed E-state index contributed by atoms with van der Waals surface area (Å²) in [7, 11) is 0. The summed E-state index contributed by atoms with van der Waals surface area (Å²) in [6, 6.07) is 6.17. The van der Waals surface area contributed by atoms with Gasteiger partial charge in [-0.2, -0.15) is 0 Å². The van der Waals surface area contributed by atoms with E-state index in [0.717, 1.165) is 29.8 Å². The van der Waals surface area contributed by atoms with Crippen LogP contribution in [0.4, 0.5) is 0 Å². The molecule has 1 aromatic heterocycles. The van der Waals surface area contributed by atoms with Crippen molar-refractivity contribution in [2.24, 2.45) is 0 Å². The minimum atomic E-state index is 0.783. The van der Waals surface area contributed by atoms with E-state index < -0.39 is 0 Å². The molecule has 2 N–H and O–H groups in total. The third-order valence-electron chi connectivity index (χ3n) is 3.21. The van der Waals surface area contributed by atoms with Gasteiger partial charge in [0.1, 0.15) is 0 Å². The molecule has 0 bridgehead atoms. The van der Waals surface area contributed by atoms with Crippen LogP contribution in [0.25, 0.3) is 11.0 Å². The van der Waals surface area contributed by atoms with Gasteiger partial charge in [0, 0.05) is 31.7 Å². The number of hydrogen-bond donors (Lipinski definition) is 2. The number of dihydropyridines is 1. The van der Waals surface area contributed by atoms with Crippen LogP contribution in [0.1, 0.15) is 32.8 Å². The van der Waals surface area contributed by atoms with Crippen LogP contribution in [0.3, 0.4) is 0 Å². The highest BCUT2D eigenvalue weighted by atomic mass is 14.9. The molecule has 1 aromatic carbocycles. The largest absolute Gasteiger partial charge is 0.386 e. The van der Waals surface area contributed by atoms with Crippen LogP contribution < -0.4 is 10.6 Å². The number of benzene rings is 1. The lowest BCUT2D eigenvalue weighted by Crippen LogP contribution is -2.21. The summed E-state index contributed by atoms with van der Waals surface area (Å²) in [5.41, 5.74) is 5.49. The molecule has 0 unspecified atom stereocenters. The fourth-order valence-corrected chi connectivity index (χ4v) is 2.10. The second-order valence-corrected chi connectivity index (χ2v) is 5.29. The maximum Gasteiger partial charge on any atom is 0.0890 e. The standard InChI is InChI=1S/C15H16N4.C3H8/c1-11-4-5-16-10-15(11)19-9-12-2-3-13-14(8-12)18-7-6-17-13;1-3-2/h2-4,6-8,10,16,19H,5,9H2,1H3;3H2,1-2H3. The van der Waals surface area contributed by atoms with Gasteiger partial charge in [-0.15, -0.1) is 0 Å². The first-order valence-electron chi connectivity index (χ1n) is 7.78. The van der Waals surface area contributed by atoms with Gasteiger partial charge in [-0.25, -0.2) is 0 Å². The summed E-state index contributed by atoms with van der Waals surface area (Å²) in [5.74, 6) is 0. The third kappa shape index (κ3) is 4.32. The molecule has 1 aliphatic heterocycles. The molecule has 2 heterocycles. The minimum Gasteiger partial charge on any atom is -0.386 e. The Hall–Kier alpha value is -2.36. The Labute approximate surface area is 132 Å². The van der Waals surface area contributed by atoms with E-state index in [-0.39, 0.29) is 0 Å². The number of aromatic nitrogens is 2. The molecule has 116 valence electrons. The Kier molecular flexibility index (Phi) is 5.95. The molecule has 4 nitrogen and oxygen atoms in total. The SMILES string of the molecule is CC1=CCNC=C1NCc1ccc2nccnc2c1.CCC. The quantitative estimate of drug-likeness (QED) is 0.910. The number of nitrogens with one attached hydrogen (secondary N) is 2. The Morgan fingerprint density at radius 1 is 1.14 bits per heavy atom. The summed E-state index contributed by atoms with van der Waals surface area (Å²) >= 11 is 0. The van der Waals surface area contributed by atoms with E-state index >= 15 is 0 Å². The molecule has 0 spiro atoms. The third-order valence-corrected chi connectivity index (χ3v) is 3.21. The lowest BCUT2D eigenvalue weighted by molar-refractivity contribution is 0.784. The average Bonchev–Trinajstić information content (AvgIpc) is 2.55. The summed E-state index contributed by atoms with van der Waals surface area (Å²) in [6.07, 6.45) is 8.89. The van der Waals surface area contributed by atoms with Crippen molar-refractivity contribution in [3.8, 4) is 0 Å². The first-order valence-corrected chi connectivity index (χ1v) is 7.78. The predicted molar refractivity (Wildman–Crippen MR) is 92.2 cm³/mol. The van der Waals surface area contributed by atoms with Crippen molar-refractivity contribution in [2.75, 3.05) is 6.54 Å². The Morgan fingerprint density at radius 2 is 1.86 bits per heavy atom. The van der Waals surface area contributed by atoms with Gasteiger partial charge in [0.2, 0.25) is 0 Å². The zero-order chi connectivity index (χ0) is 15.8. The van der Waals surface area contributed by atoms with E-state index in [9.17, 15) is 0 Å². The second-order valence-electron chi connectivity index (χ2n) is 5.29. The lowest BCUT2D eigenvalue weighted by Gasteiger charge is -2.16. The van der Waals surface area contributed by atoms with Crippen LogP contribution in [-0.2, 0) is 6.54 Å². The summed E-state index contributed by atoms with van der Waals surface area (Å²) in [5, 5.41) is 6.64. The topological polar surface area (TPSA) is 49.8 Å². The van der Waals surface area contributed by atoms with E-state index in [1.165, 1.54) is 17.6 Å². The minimum absolute atomic E-state index is 0.783. The van der Waals surface area contributed by atoms with Gasteiger partial charge in [0.25, 0.3) is 0 Å². The maximum atomic E-state index is 4.32. The number of hydrogen-bond acceptors (Lipinski definition) is 4. The predicted octanol–water partition coefficient (Wildman–Crippen LogP) is 3.53. The molecular formula is C18H24N4. The second kappa shape index (κ2) is 8.17. The Balaban J connectivity index is 0.000000545. The molecule has 0 radical (unpaired) electrons. The molecule has 1 aliphatic rings. The fraction of sp³-hybridized carbons (Fsp3) is 0.333. The number of nitrogens with zero attached hydrogens (tertiary/aromatic N) is 2. The van der Waals surface area contributed by atoms with Crippen molar-refractivity contribution >= 4 is 11.0 Å². The maximum absolute atomic E-state index is 4.32. The zero-order valence-corrected chi connectivity index (χ0v) is 13.6. The molecular weight excluding hydrogens is 272 g/mol. The molecule has 0 saturated heterocycles. The van der Waals surface area contributed by atoms with Crippen LogP contribution in [0, 0.1) is 0 Å². The van der Waals surface area contributed by atoms with Crippen molar-refractivity contribution in [3.63, 3.8) is 0 Å². The van der Waals surface area contributed by atoms with Gasteiger partial charge in [-0.05, 0) is 30.2 Å². The summed E-state index contributed by atoms with van der Waals surface area (Å²) < 4.78 is 0. The molecule has 3 rings (SSSR count). The van der Waals surface area contributed by atoms with Gasteiger partial charge in [0.05, 0.1) is 16.7 Å². The highest BCUT2D eigenvalue weighted by molar-refractivity contribution is 5.74. The molecule has 0 saturated carbocycles. The van der Waals surface area contributed by atoms with Gasteiger partial charge < -0.3 is 10.6 Å². The number of allylic oxidation sites excluding steroid dienone is 1.